The maximum absolute atomic E-state index is 11.2. The molecular weight excluding hydrogens is 268 g/mol. The molecule has 6 nitrogen and oxygen atoms in total. The molecule has 0 saturated carbocycles. The van der Waals surface area contributed by atoms with Gasteiger partial charge in [-0.1, -0.05) is 19.9 Å². The summed E-state index contributed by atoms with van der Waals surface area (Å²) in [6, 6.07) is 5.52. The minimum absolute atomic E-state index is 0.146. The number of nitrogens with one attached hydrogen (secondary N) is 2. The van der Waals surface area contributed by atoms with Crippen molar-refractivity contribution < 1.29 is 9.53 Å². The first-order valence-electron chi connectivity index (χ1n) is 6.90. The first kappa shape index (κ1) is 16.8. The number of guanidine groups is 1. The maximum Gasteiger partial charge on any atom is 0.221 e. The minimum Gasteiger partial charge on any atom is -0.495 e. The highest BCUT2D eigenvalue weighted by Crippen LogP contribution is 2.25. The smallest absolute Gasteiger partial charge is 0.221 e. The number of hydrogen-bond donors (Lipinski definition) is 3. The highest BCUT2D eigenvalue weighted by Gasteiger charge is 2.06. The number of carbonyl (C=O) groups excluding carboxylic acids is 1. The van der Waals surface area contributed by atoms with Gasteiger partial charge in [-0.05, 0) is 23.6 Å². The van der Waals surface area contributed by atoms with Gasteiger partial charge < -0.3 is 21.1 Å². The number of anilines is 1. The third-order valence-electron chi connectivity index (χ3n) is 2.70. The largest absolute Gasteiger partial charge is 0.495 e. The highest BCUT2D eigenvalue weighted by molar-refractivity contribution is 5.90. The number of amides is 1. The Hall–Kier alpha value is -2.24. The molecule has 0 fully saturated rings. The number of hydrogen-bond acceptors (Lipinski definition) is 3. The first-order chi connectivity index (χ1) is 9.92. The second-order valence-corrected chi connectivity index (χ2v) is 5.19. The van der Waals surface area contributed by atoms with E-state index in [1.165, 1.54) is 6.92 Å². The molecule has 1 rings (SSSR count). The normalized spacial score (nSPS) is 11.4. The lowest BCUT2D eigenvalue weighted by atomic mass is 10.2. The summed E-state index contributed by atoms with van der Waals surface area (Å²) >= 11 is 0. The van der Waals surface area contributed by atoms with Crippen molar-refractivity contribution in [3.8, 4) is 5.75 Å². The van der Waals surface area contributed by atoms with Crippen LogP contribution in [0.2, 0.25) is 0 Å². The second kappa shape index (κ2) is 8.14. The molecule has 0 atom stereocenters. The van der Waals surface area contributed by atoms with E-state index in [0.29, 0.717) is 29.9 Å². The molecule has 0 saturated heterocycles. The summed E-state index contributed by atoms with van der Waals surface area (Å²) in [6.45, 7) is 6.88. The predicted octanol–water partition coefficient (Wildman–Crippen LogP) is 1.71. The molecule has 0 aliphatic carbocycles. The number of rotatable bonds is 6. The van der Waals surface area contributed by atoms with Gasteiger partial charge >= 0.3 is 0 Å². The Labute approximate surface area is 125 Å². The Balaban J connectivity index is 2.75. The fourth-order valence-corrected chi connectivity index (χ4v) is 1.68. The Kier molecular flexibility index (Phi) is 6.52. The van der Waals surface area contributed by atoms with E-state index in [-0.39, 0.29) is 5.91 Å². The Morgan fingerprint density at radius 3 is 2.71 bits per heavy atom. The van der Waals surface area contributed by atoms with E-state index in [9.17, 15) is 4.79 Å². The van der Waals surface area contributed by atoms with Gasteiger partial charge in [0.15, 0.2) is 5.96 Å². The van der Waals surface area contributed by atoms with E-state index in [0.717, 1.165) is 12.1 Å². The molecule has 1 amide bonds. The van der Waals surface area contributed by atoms with Crippen LogP contribution in [0.1, 0.15) is 26.3 Å². The van der Waals surface area contributed by atoms with Crippen LogP contribution in [0.15, 0.2) is 23.2 Å². The van der Waals surface area contributed by atoms with Gasteiger partial charge in [0.25, 0.3) is 0 Å². The van der Waals surface area contributed by atoms with Crippen molar-refractivity contribution in [2.75, 3.05) is 19.0 Å². The zero-order chi connectivity index (χ0) is 15.8. The molecule has 0 heterocycles. The summed E-state index contributed by atoms with van der Waals surface area (Å²) in [5.41, 5.74) is 7.36. The van der Waals surface area contributed by atoms with Crippen LogP contribution in [0.5, 0.6) is 5.75 Å². The monoisotopic (exact) mass is 292 g/mol. The van der Waals surface area contributed by atoms with E-state index in [1.807, 2.05) is 12.1 Å². The number of carbonyl (C=O) groups is 1. The summed E-state index contributed by atoms with van der Waals surface area (Å²) in [7, 11) is 1.56. The quantitative estimate of drug-likeness (QED) is 0.550. The molecule has 0 radical (unpaired) electrons. The third-order valence-corrected chi connectivity index (χ3v) is 2.70. The van der Waals surface area contributed by atoms with Crippen molar-refractivity contribution in [2.45, 2.75) is 27.3 Å². The van der Waals surface area contributed by atoms with Gasteiger partial charge in [0.05, 0.1) is 19.3 Å². The second-order valence-electron chi connectivity index (χ2n) is 5.19. The maximum atomic E-state index is 11.2. The number of methoxy groups -OCH3 is 1. The zero-order valence-corrected chi connectivity index (χ0v) is 13.1. The van der Waals surface area contributed by atoms with Crippen LogP contribution in [0, 0.1) is 5.92 Å². The van der Waals surface area contributed by atoms with E-state index in [4.69, 9.17) is 10.5 Å². The van der Waals surface area contributed by atoms with Gasteiger partial charge in [-0.25, -0.2) is 4.99 Å². The van der Waals surface area contributed by atoms with Crippen LogP contribution in [0.4, 0.5) is 5.69 Å². The first-order valence-corrected chi connectivity index (χ1v) is 6.90. The molecule has 6 heteroatoms. The number of aliphatic imine (C=N–C) groups is 1. The van der Waals surface area contributed by atoms with Crippen molar-refractivity contribution in [3.63, 3.8) is 0 Å². The van der Waals surface area contributed by atoms with E-state index < -0.39 is 0 Å². The molecule has 21 heavy (non-hydrogen) atoms. The van der Waals surface area contributed by atoms with Gasteiger partial charge in [-0.15, -0.1) is 0 Å². The summed E-state index contributed by atoms with van der Waals surface area (Å²) in [4.78, 5) is 15.5. The molecule has 0 unspecified atom stereocenters. The summed E-state index contributed by atoms with van der Waals surface area (Å²) in [5, 5.41) is 5.79. The number of ether oxygens (including phenoxy) is 1. The molecule has 116 valence electrons. The molecule has 0 spiro atoms. The Morgan fingerprint density at radius 2 is 2.14 bits per heavy atom. The lowest BCUT2D eigenvalue weighted by molar-refractivity contribution is -0.114. The lowest BCUT2D eigenvalue weighted by Gasteiger charge is -2.11. The molecular formula is C15H24N4O2. The van der Waals surface area contributed by atoms with Crippen LogP contribution in [-0.4, -0.2) is 25.5 Å². The molecule has 0 aromatic heterocycles. The number of nitrogens with two attached hydrogens (primary N) is 1. The van der Waals surface area contributed by atoms with Gasteiger partial charge in [0, 0.05) is 13.5 Å². The average Bonchev–Trinajstić information content (AvgIpc) is 2.42. The molecule has 1 aromatic carbocycles. The fourth-order valence-electron chi connectivity index (χ4n) is 1.68. The van der Waals surface area contributed by atoms with Crippen molar-refractivity contribution in [2.24, 2.45) is 16.6 Å². The molecule has 4 N–H and O–H groups in total. The molecule has 1 aromatic rings. The van der Waals surface area contributed by atoms with Crippen LogP contribution < -0.4 is 21.1 Å². The molecule has 0 aliphatic heterocycles. The topological polar surface area (TPSA) is 88.7 Å². The number of nitrogens with zero attached hydrogens (tertiary/aromatic N) is 1. The van der Waals surface area contributed by atoms with Gasteiger partial charge in [-0.3, -0.25) is 4.79 Å². The van der Waals surface area contributed by atoms with Crippen LogP contribution in [-0.2, 0) is 11.3 Å². The van der Waals surface area contributed by atoms with Gasteiger partial charge in [0.2, 0.25) is 5.91 Å². The van der Waals surface area contributed by atoms with Crippen molar-refractivity contribution in [1.82, 2.24) is 5.32 Å². The summed E-state index contributed by atoms with van der Waals surface area (Å²) in [5.74, 6) is 1.39. The SMILES string of the molecule is COc1ccc(CN=C(N)NCC(C)C)cc1NC(C)=O. The lowest BCUT2D eigenvalue weighted by Crippen LogP contribution is -2.34. The van der Waals surface area contributed by atoms with Crippen LogP contribution in [0.25, 0.3) is 0 Å². The molecule has 0 bridgehead atoms. The fraction of sp³-hybridized carbons (Fsp3) is 0.467. The minimum atomic E-state index is -0.146. The summed E-state index contributed by atoms with van der Waals surface area (Å²) in [6.07, 6.45) is 0. The Bertz CT molecular complexity index is 512. The highest BCUT2D eigenvalue weighted by atomic mass is 16.5. The van der Waals surface area contributed by atoms with Crippen molar-refractivity contribution >= 4 is 17.6 Å². The summed E-state index contributed by atoms with van der Waals surface area (Å²) < 4.78 is 5.20. The molecule has 0 aliphatic rings. The predicted molar refractivity (Wildman–Crippen MR) is 85.5 cm³/mol. The number of benzene rings is 1. The van der Waals surface area contributed by atoms with Gasteiger partial charge in [-0.2, -0.15) is 0 Å². The van der Waals surface area contributed by atoms with E-state index >= 15 is 0 Å². The van der Waals surface area contributed by atoms with E-state index in [1.54, 1.807) is 13.2 Å². The van der Waals surface area contributed by atoms with Crippen molar-refractivity contribution in [1.29, 1.82) is 0 Å². The van der Waals surface area contributed by atoms with Gasteiger partial charge in [0.1, 0.15) is 5.75 Å². The standard InChI is InChI=1S/C15H24N4O2/c1-10(2)8-17-15(16)18-9-12-5-6-14(21-4)13(7-12)19-11(3)20/h5-7,10H,8-9H2,1-4H3,(H,19,20)(H3,16,17,18). The van der Waals surface area contributed by atoms with Crippen molar-refractivity contribution in [3.05, 3.63) is 23.8 Å². The van der Waals surface area contributed by atoms with E-state index in [2.05, 4.69) is 29.5 Å². The van der Waals surface area contributed by atoms with Crippen LogP contribution >= 0.6 is 0 Å². The van der Waals surface area contributed by atoms with Crippen LogP contribution in [0.3, 0.4) is 0 Å². The zero-order valence-electron chi connectivity index (χ0n) is 13.1. The average molecular weight is 292 g/mol. The third kappa shape index (κ3) is 6.16. The Morgan fingerprint density at radius 1 is 1.43 bits per heavy atom.